The summed E-state index contributed by atoms with van der Waals surface area (Å²) >= 11 is 0. The van der Waals surface area contributed by atoms with Crippen molar-refractivity contribution < 1.29 is 14.4 Å². The van der Waals surface area contributed by atoms with Crippen LogP contribution in [-0.4, -0.2) is 9.85 Å². The van der Waals surface area contributed by atoms with Gasteiger partial charge in [-0.1, -0.05) is 6.07 Å². The molecule has 0 saturated carbocycles. The molecule has 0 atom stereocenters. The molecule has 18 heavy (non-hydrogen) atoms. The van der Waals surface area contributed by atoms with E-state index in [1.807, 2.05) is 0 Å². The number of aromatic nitrogens is 1. The molecule has 0 unspecified atom stereocenters. The maximum Gasteiger partial charge on any atom is 0.366 e. The van der Waals surface area contributed by atoms with Gasteiger partial charge < -0.3 is 0 Å². The molecule has 0 fully saturated rings. The molecule has 0 aliphatic carbocycles. The second-order valence-corrected chi connectivity index (χ2v) is 3.44. The lowest BCUT2D eigenvalue weighted by atomic mass is 10.2. The molecule has 1 heterocycles. The Kier molecular flexibility index (Phi) is 2.96. The molecule has 7 heteroatoms. The molecule has 1 aromatic heterocycles. The van der Waals surface area contributed by atoms with E-state index in [2.05, 4.69) is 0 Å². The summed E-state index contributed by atoms with van der Waals surface area (Å²) in [5.74, 6) is 0. The van der Waals surface area contributed by atoms with Crippen molar-refractivity contribution in [2.24, 2.45) is 0 Å². The van der Waals surface area contributed by atoms with Crippen molar-refractivity contribution in [1.82, 2.24) is 0 Å². The SMILES string of the molecule is O=[N+]([O-])c1cccc([N+](=O)[O-])c1-[n+]1ccccc1. The summed E-state index contributed by atoms with van der Waals surface area (Å²) in [6.07, 6.45) is 3.05. The second-order valence-electron chi connectivity index (χ2n) is 3.44. The average Bonchev–Trinajstić information content (AvgIpc) is 2.38. The van der Waals surface area contributed by atoms with Gasteiger partial charge in [0, 0.05) is 24.3 Å². The van der Waals surface area contributed by atoms with E-state index in [0.717, 1.165) is 0 Å². The molecular weight excluding hydrogens is 238 g/mol. The van der Waals surface area contributed by atoms with E-state index < -0.39 is 9.85 Å². The van der Waals surface area contributed by atoms with Crippen LogP contribution in [-0.2, 0) is 0 Å². The average molecular weight is 246 g/mol. The topological polar surface area (TPSA) is 90.2 Å². The first kappa shape index (κ1) is 11.6. The van der Waals surface area contributed by atoms with Gasteiger partial charge in [-0.15, -0.1) is 0 Å². The summed E-state index contributed by atoms with van der Waals surface area (Å²) in [7, 11) is 0. The highest BCUT2D eigenvalue weighted by Crippen LogP contribution is 2.27. The number of pyridine rings is 1. The predicted octanol–water partition coefficient (Wildman–Crippen LogP) is 1.78. The Morgan fingerprint density at radius 3 is 1.78 bits per heavy atom. The normalized spacial score (nSPS) is 10.0. The molecule has 0 radical (unpaired) electrons. The number of nitro groups is 2. The zero-order valence-corrected chi connectivity index (χ0v) is 9.09. The Hall–Kier alpha value is -2.83. The van der Waals surface area contributed by atoms with Crippen LogP contribution in [0.25, 0.3) is 5.69 Å². The van der Waals surface area contributed by atoms with Gasteiger partial charge in [0.2, 0.25) is 0 Å². The third-order valence-electron chi connectivity index (χ3n) is 2.36. The van der Waals surface area contributed by atoms with Crippen LogP contribution in [0.15, 0.2) is 48.8 Å². The Morgan fingerprint density at radius 2 is 1.33 bits per heavy atom. The summed E-state index contributed by atoms with van der Waals surface area (Å²) in [5.41, 5.74) is -0.658. The van der Waals surface area contributed by atoms with Crippen LogP contribution in [0.4, 0.5) is 11.4 Å². The van der Waals surface area contributed by atoms with Crippen LogP contribution in [0.2, 0.25) is 0 Å². The fraction of sp³-hybridized carbons (Fsp3) is 0. The first-order chi connectivity index (χ1) is 8.61. The highest BCUT2D eigenvalue weighted by atomic mass is 16.6. The van der Waals surface area contributed by atoms with Gasteiger partial charge in [0.25, 0.3) is 0 Å². The van der Waals surface area contributed by atoms with Gasteiger partial charge >= 0.3 is 17.1 Å². The fourth-order valence-corrected chi connectivity index (χ4v) is 1.63. The molecule has 7 nitrogen and oxygen atoms in total. The molecule has 0 N–H and O–H groups in total. The van der Waals surface area contributed by atoms with Gasteiger partial charge in [-0.25, -0.2) is 0 Å². The van der Waals surface area contributed by atoms with Gasteiger partial charge in [0.15, 0.2) is 12.4 Å². The van der Waals surface area contributed by atoms with E-state index in [1.165, 1.54) is 35.2 Å². The third-order valence-corrected chi connectivity index (χ3v) is 2.36. The number of benzene rings is 1. The molecule has 0 aliphatic heterocycles. The maximum atomic E-state index is 10.9. The number of para-hydroxylation sites is 1. The third kappa shape index (κ3) is 2.01. The molecule has 0 spiro atoms. The van der Waals surface area contributed by atoms with Crippen LogP contribution >= 0.6 is 0 Å². The highest BCUT2D eigenvalue weighted by Gasteiger charge is 2.32. The molecular formula is C11H8N3O4+. The van der Waals surface area contributed by atoms with E-state index in [9.17, 15) is 20.2 Å². The zero-order valence-electron chi connectivity index (χ0n) is 9.09. The molecule has 2 rings (SSSR count). The van der Waals surface area contributed by atoms with Crippen molar-refractivity contribution in [3.63, 3.8) is 0 Å². The largest absolute Gasteiger partial charge is 0.366 e. The van der Waals surface area contributed by atoms with Crippen LogP contribution in [0.3, 0.4) is 0 Å². The standard InChI is InChI=1S/C11H8N3O4/c15-13(16)9-5-4-6-10(14(17)18)11(9)12-7-2-1-3-8-12/h1-8H/q+1. The van der Waals surface area contributed by atoms with Crippen LogP contribution in [0.5, 0.6) is 0 Å². The lowest BCUT2D eigenvalue weighted by molar-refractivity contribution is -0.605. The van der Waals surface area contributed by atoms with E-state index in [0.29, 0.717) is 0 Å². The fourth-order valence-electron chi connectivity index (χ4n) is 1.63. The summed E-state index contributed by atoms with van der Waals surface area (Å²) in [6, 6.07) is 8.77. The van der Waals surface area contributed by atoms with Crippen molar-refractivity contribution >= 4 is 11.4 Å². The van der Waals surface area contributed by atoms with E-state index in [-0.39, 0.29) is 17.1 Å². The zero-order chi connectivity index (χ0) is 13.1. The predicted molar refractivity (Wildman–Crippen MR) is 61.3 cm³/mol. The summed E-state index contributed by atoms with van der Waals surface area (Å²) in [4.78, 5) is 20.6. The Labute approximate surface area is 101 Å². The van der Waals surface area contributed by atoms with E-state index in [4.69, 9.17) is 0 Å². The van der Waals surface area contributed by atoms with Crippen molar-refractivity contribution in [3.8, 4) is 5.69 Å². The van der Waals surface area contributed by atoms with E-state index in [1.54, 1.807) is 18.2 Å². The Balaban J connectivity index is 2.77. The van der Waals surface area contributed by atoms with Gasteiger partial charge in [-0.05, 0) is 6.07 Å². The minimum absolute atomic E-state index is 0.0481. The summed E-state index contributed by atoms with van der Waals surface area (Å²) in [6.45, 7) is 0. The number of nitrogens with zero attached hydrogens (tertiary/aromatic N) is 3. The molecule has 2 aromatic rings. The van der Waals surface area contributed by atoms with Crippen molar-refractivity contribution in [3.05, 3.63) is 69.0 Å². The lowest BCUT2D eigenvalue weighted by Gasteiger charge is -1.98. The summed E-state index contributed by atoms with van der Waals surface area (Å²) < 4.78 is 1.36. The van der Waals surface area contributed by atoms with Crippen molar-refractivity contribution in [2.75, 3.05) is 0 Å². The van der Waals surface area contributed by atoms with E-state index >= 15 is 0 Å². The second kappa shape index (κ2) is 4.58. The van der Waals surface area contributed by atoms with Gasteiger partial charge in [-0.3, -0.25) is 20.2 Å². The summed E-state index contributed by atoms with van der Waals surface area (Å²) in [5, 5.41) is 21.9. The number of rotatable bonds is 3. The maximum absolute atomic E-state index is 10.9. The molecule has 0 aliphatic rings. The lowest BCUT2D eigenvalue weighted by Crippen LogP contribution is -2.31. The molecule has 0 bridgehead atoms. The molecule has 1 aromatic carbocycles. The minimum atomic E-state index is -0.637. The number of hydrogen-bond acceptors (Lipinski definition) is 4. The van der Waals surface area contributed by atoms with Crippen LogP contribution in [0.1, 0.15) is 0 Å². The van der Waals surface area contributed by atoms with Crippen LogP contribution in [0, 0.1) is 20.2 Å². The smallest absolute Gasteiger partial charge is 0.258 e. The van der Waals surface area contributed by atoms with Crippen molar-refractivity contribution in [2.45, 2.75) is 0 Å². The molecule has 90 valence electrons. The highest BCUT2D eigenvalue weighted by molar-refractivity contribution is 5.59. The minimum Gasteiger partial charge on any atom is -0.258 e. The Bertz CT molecular complexity index is 581. The van der Waals surface area contributed by atoms with Gasteiger partial charge in [-0.2, -0.15) is 4.57 Å². The quantitative estimate of drug-likeness (QED) is 0.469. The van der Waals surface area contributed by atoms with Gasteiger partial charge in [0.1, 0.15) is 0 Å². The van der Waals surface area contributed by atoms with Crippen molar-refractivity contribution in [1.29, 1.82) is 0 Å². The Morgan fingerprint density at radius 1 is 0.833 bits per heavy atom. The number of nitro benzene ring substituents is 2. The monoisotopic (exact) mass is 246 g/mol. The first-order valence-corrected chi connectivity index (χ1v) is 4.99. The first-order valence-electron chi connectivity index (χ1n) is 4.99. The van der Waals surface area contributed by atoms with Gasteiger partial charge in [0.05, 0.1) is 9.85 Å². The number of hydrogen-bond donors (Lipinski definition) is 0. The molecule has 0 saturated heterocycles. The molecule has 0 amide bonds. The van der Waals surface area contributed by atoms with Crippen LogP contribution < -0.4 is 4.57 Å².